The Balaban J connectivity index is 0.000000271. The van der Waals surface area contributed by atoms with Gasteiger partial charge in [0.25, 0.3) is 0 Å². The number of carboxylic acids is 1. The zero-order chi connectivity index (χ0) is 20.9. The van der Waals surface area contributed by atoms with E-state index in [-0.39, 0.29) is 54.7 Å². The number of carbonyl (C=O) groups excluding carboxylic acids is 1. The summed E-state index contributed by atoms with van der Waals surface area (Å²) in [6.07, 6.45) is 3.72. The van der Waals surface area contributed by atoms with Gasteiger partial charge in [-0.2, -0.15) is 0 Å². The fraction of sp³-hybridized carbons (Fsp3) is 0.647. The molecular formula is C17H26O8S2. The highest BCUT2D eigenvalue weighted by molar-refractivity contribution is 7.91. The number of esters is 1. The van der Waals surface area contributed by atoms with Crippen molar-refractivity contribution in [2.45, 2.75) is 25.7 Å². The maximum atomic E-state index is 11.4. The molecule has 1 N–H and O–H groups in total. The largest absolute Gasteiger partial charge is 0.481 e. The molecule has 0 amide bonds. The summed E-state index contributed by atoms with van der Waals surface area (Å²) in [5, 5.41) is 8.89. The molecule has 0 spiro atoms. The van der Waals surface area contributed by atoms with Gasteiger partial charge in [-0.25, -0.2) is 16.8 Å². The smallest absolute Gasteiger partial charge is 0.315 e. The van der Waals surface area contributed by atoms with Crippen molar-refractivity contribution in [3.05, 3.63) is 25.3 Å². The lowest BCUT2D eigenvalue weighted by Gasteiger charge is -2.30. The summed E-state index contributed by atoms with van der Waals surface area (Å²) < 4.78 is 49.1. The standard InChI is InChI=1S/C9H14O4S.C8H12O4S/c1-3-9(8(10)13-2)4-6-14(11,12)7-5-9;1-2-8(7(9)10)3-5-13(11,12)6-4-8/h3H,1,4-7H2,2H3;2H,1,3-6H2,(H,9,10). The van der Waals surface area contributed by atoms with Crippen LogP contribution in [0.3, 0.4) is 0 Å². The topological polar surface area (TPSA) is 132 Å². The second-order valence-corrected chi connectivity index (χ2v) is 11.4. The summed E-state index contributed by atoms with van der Waals surface area (Å²) in [6.45, 7) is 7.03. The van der Waals surface area contributed by atoms with Crippen molar-refractivity contribution in [1.82, 2.24) is 0 Å². The van der Waals surface area contributed by atoms with E-state index in [2.05, 4.69) is 17.9 Å². The molecule has 2 fully saturated rings. The minimum atomic E-state index is -3.01. The van der Waals surface area contributed by atoms with Gasteiger partial charge in [-0.3, -0.25) is 9.59 Å². The maximum Gasteiger partial charge on any atom is 0.315 e. The fourth-order valence-corrected chi connectivity index (χ4v) is 6.11. The first-order chi connectivity index (χ1) is 12.4. The number of carboxylic acid groups (broad SMARTS) is 1. The van der Waals surface area contributed by atoms with E-state index in [1.807, 2.05) is 0 Å². The van der Waals surface area contributed by atoms with Crippen LogP contribution in [-0.4, -0.2) is 64.0 Å². The van der Waals surface area contributed by atoms with E-state index in [1.54, 1.807) is 0 Å². The van der Waals surface area contributed by atoms with Gasteiger partial charge in [0, 0.05) is 0 Å². The number of hydrogen-bond acceptors (Lipinski definition) is 7. The van der Waals surface area contributed by atoms with Crippen molar-refractivity contribution >= 4 is 31.6 Å². The van der Waals surface area contributed by atoms with Gasteiger partial charge in [-0.1, -0.05) is 12.2 Å². The first-order valence-corrected chi connectivity index (χ1v) is 12.0. The Labute approximate surface area is 160 Å². The van der Waals surface area contributed by atoms with Gasteiger partial charge in [0.05, 0.1) is 41.0 Å². The Hall–Kier alpha value is -1.68. The predicted molar refractivity (Wildman–Crippen MR) is 101 cm³/mol. The van der Waals surface area contributed by atoms with Crippen LogP contribution < -0.4 is 0 Å². The van der Waals surface area contributed by atoms with E-state index >= 15 is 0 Å². The molecule has 8 nitrogen and oxygen atoms in total. The normalized spacial score (nSPS) is 24.3. The summed E-state index contributed by atoms with van der Waals surface area (Å²) in [4.78, 5) is 22.3. The molecule has 10 heteroatoms. The van der Waals surface area contributed by atoms with Crippen LogP contribution in [0.25, 0.3) is 0 Å². The average molecular weight is 423 g/mol. The minimum absolute atomic E-state index is 0.0358. The number of rotatable bonds is 4. The number of aliphatic carboxylic acids is 1. The molecule has 2 aliphatic rings. The van der Waals surface area contributed by atoms with Crippen LogP contribution in [0.2, 0.25) is 0 Å². The molecule has 154 valence electrons. The van der Waals surface area contributed by atoms with E-state index < -0.39 is 36.5 Å². The third-order valence-electron chi connectivity index (χ3n) is 5.24. The lowest BCUT2D eigenvalue weighted by molar-refractivity contribution is -0.150. The number of methoxy groups -OCH3 is 1. The molecule has 0 bridgehead atoms. The van der Waals surface area contributed by atoms with E-state index in [0.29, 0.717) is 0 Å². The Morgan fingerprint density at radius 3 is 1.44 bits per heavy atom. The van der Waals surface area contributed by atoms with Crippen LogP contribution in [0.15, 0.2) is 25.3 Å². The molecule has 0 aromatic heterocycles. The second-order valence-electron chi connectivity index (χ2n) is 6.82. The van der Waals surface area contributed by atoms with Gasteiger partial charge in [-0.05, 0) is 25.7 Å². The van der Waals surface area contributed by atoms with E-state index in [0.717, 1.165) is 0 Å². The van der Waals surface area contributed by atoms with Crippen LogP contribution in [0.4, 0.5) is 0 Å². The van der Waals surface area contributed by atoms with Crippen LogP contribution in [0, 0.1) is 10.8 Å². The summed E-state index contributed by atoms with van der Waals surface area (Å²) in [5.41, 5.74) is -1.81. The third-order valence-corrected chi connectivity index (χ3v) is 8.54. The number of sulfone groups is 2. The van der Waals surface area contributed by atoms with E-state index in [1.165, 1.54) is 19.3 Å². The predicted octanol–water partition coefficient (Wildman–Crippen LogP) is 0.992. The molecule has 27 heavy (non-hydrogen) atoms. The van der Waals surface area contributed by atoms with E-state index in [4.69, 9.17) is 5.11 Å². The van der Waals surface area contributed by atoms with Gasteiger partial charge < -0.3 is 9.84 Å². The summed E-state index contributed by atoms with van der Waals surface area (Å²) in [7, 11) is -4.67. The lowest BCUT2D eigenvalue weighted by atomic mass is 9.82. The van der Waals surface area contributed by atoms with Crippen molar-refractivity contribution in [1.29, 1.82) is 0 Å². The quantitative estimate of drug-likeness (QED) is 0.524. The monoisotopic (exact) mass is 422 g/mol. The molecule has 2 heterocycles. The Kier molecular flexibility index (Phi) is 7.40. The van der Waals surface area contributed by atoms with E-state index in [9.17, 15) is 26.4 Å². The Morgan fingerprint density at radius 2 is 1.19 bits per heavy atom. The number of hydrogen-bond donors (Lipinski definition) is 1. The van der Waals surface area contributed by atoms with Crippen LogP contribution in [0.5, 0.6) is 0 Å². The highest BCUT2D eigenvalue weighted by atomic mass is 32.2. The summed E-state index contributed by atoms with van der Waals surface area (Å²) >= 11 is 0. The molecule has 2 rings (SSSR count). The summed E-state index contributed by atoms with van der Waals surface area (Å²) in [5.74, 6) is -1.39. The molecular weight excluding hydrogens is 396 g/mol. The highest BCUT2D eigenvalue weighted by Crippen LogP contribution is 2.35. The highest BCUT2D eigenvalue weighted by Gasteiger charge is 2.42. The molecule has 0 radical (unpaired) electrons. The average Bonchev–Trinajstić information content (AvgIpc) is 2.62. The molecule has 2 saturated heterocycles. The zero-order valence-electron chi connectivity index (χ0n) is 15.3. The molecule has 0 aliphatic carbocycles. The van der Waals surface area contributed by atoms with Crippen LogP contribution in [0.1, 0.15) is 25.7 Å². The summed E-state index contributed by atoms with van der Waals surface area (Å²) in [6, 6.07) is 0. The molecule has 0 unspecified atom stereocenters. The fourth-order valence-electron chi connectivity index (χ4n) is 3.00. The van der Waals surface area contributed by atoms with Crippen LogP contribution in [-0.2, 0) is 34.0 Å². The third kappa shape index (κ3) is 5.65. The van der Waals surface area contributed by atoms with Gasteiger partial charge in [0.1, 0.15) is 19.7 Å². The minimum Gasteiger partial charge on any atom is -0.481 e. The first-order valence-electron chi connectivity index (χ1n) is 8.37. The van der Waals surface area contributed by atoms with Crippen molar-refractivity contribution in [2.24, 2.45) is 10.8 Å². The Morgan fingerprint density at radius 1 is 0.852 bits per heavy atom. The Bertz CT molecular complexity index is 780. The lowest BCUT2D eigenvalue weighted by Crippen LogP contribution is -2.38. The molecule has 2 aliphatic heterocycles. The number of ether oxygens (including phenoxy) is 1. The van der Waals surface area contributed by atoms with Crippen molar-refractivity contribution in [2.75, 3.05) is 30.1 Å². The van der Waals surface area contributed by atoms with Crippen molar-refractivity contribution in [3.63, 3.8) is 0 Å². The molecule has 0 aromatic carbocycles. The van der Waals surface area contributed by atoms with Crippen molar-refractivity contribution in [3.8, 4) is 0 Å². The SMILES string of the molecule is C=CC1(C(=O)O)CCS(=O)(=O)CC1.C=CC1(C(=O)OC)CCS(=O)(=O)CC1. The van der Waals surface area contributed by atoms with Gasteiger partial charge in [0.15, 0.2) is 0 Å². The molecule has 0 aromatic rings. The number of carbonyl (C=O) groups is 2. The van der Waals surface area contributed by atoms with Gasteiger partial charge in [0.2, 0.25) is 0 Å². The molecule has 0 saturated carbocycles. The van der Waals surface area contributed by atoms with Crippen LogP contribution >= 0.6 is 0 Å². The second kappa shape index (κ2) is 8.55. The maximum absolute atomic E-state index is 11.4. The molecule has 0 atom stereocenters. The van der Waals surface area contributed by atoms with Gasteiger partial charge in [-0.15, -0.1) is 13.2 Å². The van der Waals surface area contributed by atoms with Crippen molar-refractivity contribution < 1.29 is 36.3 Å². The zero-order valence-corrected chi connectivity index (χ0v) is 17.0. The first kappa shape index (κ1) is 23.4. The van der Waals surface area contributed by atoms with Gasteiger partial charge >= 0.3 is 11.9 Å².